The number of aliphatic carboxylic acids is 1. The molecule has 1 aliphatic heterocycles. The van der Waals surface area contributed by atoms with Gasteiger partial charge in [0.15, 0.2) is 0 Å². The molecule has 1 aliphatic rings. The third-order valence-corrected chi connectivity index (χ3v) is 4.78. The molecule has 0 fully saturated rings. The molecule has 2 rings (SSSR count). The number of anilines is 1. The Bertz CT molecular complexity index is 504. The van der Waals surface area contributed by atoms with Gasteiger partial charge in [-0.2, -0.15) is 0 Å². The van der Waals surface area contributed by atoms with Crippen molar-refractivity contribution in [1.29, 1.82) is 0 Å². The number of amides is 1. The average molecular weight is 293 g/mol. The Labute approximate surface area is 123 Å². The molecular weight excluding hydrogens is 274 g/mol. The molecule has 1 amide bonds. The topological polar surface area (TPSA) is 57.6 Å². The van der Waals surface area contributed by atoms with Crippen LogP contribution >= 0.6 is 11.8 Å². The van der Waals surface area contributed by atoms with Gasteiger partial charge in [-0.3, -0.25) is 9.59 Å². The molecule has 1 heterocycles. The van der Waals surface area contributed by atoms with E-state index in [9.17, 15) is 9.59 Å². The third kappa shape index (κ3) is 3.33. The molecule has 0 spiro atoms. The number of carbonyl (C=O) groups is 2. The van der Waals surface area contributed by atoms with E-state index in [2.05, 4.69) is 0 Å². The van der Waals surface area contributed by atoms with E-state index >= 15 is 0 Å². The molecule has 0 radical (unpaired) electrons. The van der Waals surface area contributed by atoms with E-state index in [0.29, 0.717) is 19.4 Å². The summed E-state index contributed by atoms with van der Waals surface area (Å²) in [6.07, 6.45) is 2.29. The van der Waals surface area contributed by atoms with Gasteiger partial charge in [0.2, 0.25) is 5.91 Å². The Kier molecular flexibility index (Phi) is 5.06. The van der Waals surface area contributed by atoms with E-state index < -0.39 is 5.97 Å². The maximum atomic E-state index is 12.4. The van der Waals surface area contributed by atoms with Crippen LogP contribution in [-0.4, -0.2) is 28.8 Å². The molecule has 4 nitrogen and oxygen atoms in total. The summed E-state index contributed by atoms with van der Waals surface area (Å²) in [5, 5.41) is 8.63. The standard InChI is InChI=1S/C15H19NO3S/c1-2-12-15(19)16(10-6-5-9-14(17)18)11-7-3-4-8-13(11)20-12/h3-4,7-8,12H,2,5-6,9-10H2,1H3,(H,17,18). The monoisotopic (exact) mass is 293 g/mol. The van der Waals surface area contributed by atoms with E-state index in [-0.39, 0.29) is 17.6 Å². The highest BCUT2D eigenvalue weighted by atomic mass is 32.2. The maximum Gasteiger partial charge on any atom is 0.303 e. The van der Waals surface area contributed by atoms with Crippen LogP contribution < -0.4 is 4.90 Å². The molecule has 108 valence electrons. The highest BCUT2D eigenvalue weighted by Gasteiger charge is 2.31. The number of carbonyl (C=O) groups excluding carboxylic acids is 1. The predicted octanol–water partition coefficient (Wildman–Crippen LogP) is 3.16. The van der Waals surface area contributed by atoms with Crippen LogP contribution in [0.25, 0.3) is 0 Å². The Hall–Kier alpha value is -1.49. The van der Waals surface area contributed by atoms with Crippen molar-refractivity contribution in [3.05, 3.63) is 24.3 Å². The first-order chi connectivity index (χ1) is 9.63. The summed E-state index contributed by atoms with van der Waals surface area (Å²) in [4.78, 5) is 25.9. The molecule has 1 unspecified atom stereocenters. The summed E-state index contributed by atoms with van der Waals surface area (Å²) < 4.78 is 0. The molecule has 0 aliphatic carbocycles. The first-order valence-electron chi connectivity index (χ1n) is 6.92. The van der Waals surface area contributed by atoms with Gasteiger partial charge >= 0.3 is 5.97 Å². The number of hydrogen-bond acceptors (Lipinski definition) is 3. The lowest BCUT2D eigenvalue weighted by molar-refractivity contribution is -0.137. The fourth-order valence-electron chi connectivity index (χ4n) is 2.31. The number of rotatable bonds is 6. The van der Waals surface area contributed by atoms with Crippen LogP contribution in [0.2, 0.25) is 0 Å². The molecule has 1 atom stereocenters. The number of para-hydroxylation sites is 1. The minimum absolute atomic E-state index is 0.0237. The minimum Gasteiger partial charge on any atom is -0.481 e. The molecule has 0 aromatic heterocycles. The Morgan fingerprint density at radius 2 is 2.10 bits per heavy atom. The Balaban J connectivity index is 2.08. The molecule has 1 N–H and O–H groups in total. The van der Waals surface area contributed by atoms with Gasteiger partial charge in [0.1, 0.15) is 0 Å². The second-order valence-electron chi connectivity index (χ2n) is 4.82. The van der Waals surface area contributed by atoms with Crippen LogP contribution in [-0.2, 0) is 9.59 Å². The summed E-state index contributed by atoms with van der Waals surface area (Å²) in [7, 11) is 0. The van der Waals surface area contributed by atoms with Crippen molar-refractivity contribution in [3.63, 3.8) is 0 Å². The van der Waals surface area contributed by atoms with Crippen molar-refractivity contribution in [2.75, 3.05) is 11.4 Å². The zero-order valence-electron chi connectivity index (χ0n) is 11.5. The number of fused-ring (bicyclic) bond motifs is 1. The first kappa shape index (κ1) is 14.9. The largest absolute Gasteiger partial charge is 0.481 e. The van der Waals surface area contributed by atoms with Crippen LogP contribution in [0.3, 0.4) is 0 Å². The number of thioether (sulfide) groups is 1. The van der Waals surface area contributed by atoms with Crippen molar-refractivity contribution >= 4 is 29.3 Å². The highest BCUT2D eigenvalue weighted by Crippen LogP contribution is 2.40. The maximum absolute atomic E-state index is 12.4. The lowest BCUT2D eigenvalue weighted by Crippen LogP contribution is -2.41. The fourth-order valence-corrected chi connectivity index (χ4v) is 3.47. The number of unbranched alkanes of at least 4 members (excludes halogenated alkanes) is 1. The molecular formula is C15H19NO3S. The van der Waals surface area contributed by atoms with Crippen molar-refractivity contribution in [2.45, 2.75) is 42.8 Å². The zero-order chi connectivity index (χ0) is 14.5. The number of nitrogens with zero attached hydrogens (tertiary/aromatic N) is 1. The minimum atomic E-state index is -0.780. The van der Waals surface area contributed by atoms with Crippen molar-refractivity contribution in [2.24, 2.45) is 0 Å². The normalized spacial score (nSPS) is 17.9. The summed E-state index contributed by atoms with van der Waals surface area (Å²) in [6.45, 7) is 2.62. The van der Waals surface area contributed by atoms with Gasteiger partial charge in [0.05, 0.1) is 10.9 Å². The Morgan fingerprint density at radius 1 is 1.35 bits per heavy atom. The smallest absolute Gasteiger partial charge is 0.303 e. The van der Waals surface area contributed by atoms with Crippen LogP contribution in [0.5, 0.6) is 0 Å². The van der Waals surface area contributed by atoms with E-state index in [1.807, 2.05) is 36.1 Å². The SMILES string of the molecule is CCC1Sc2ccccc2N(CCCCC(=O)O)C1=O. The van der Waals surface area contributed by atoms with E-state index in [1.54, 1.807) is 11.8 Å². The number of hydrogen-bond donors (Lipinski definition) is 1. The molecule has 0 saturated heterocycles. The van der Waals surface area contributed by atoms with Crippen molar-refractivity contribution < 1.29 is 14.7 Å². The third-order valence-electron chi connectivity index (χ3n) is 3.36. The Morgan fingerprint density at radius 3 is 2.80 bits per heavy atom. The van der Waals surface area contributed by atoms with Gasteiger partial charge in [-0.1, -0.05) is 19.1 Å². The van der Waals surface area contributed by atoms with Gasteiger partial charge in [0.25, 0.3) is 0 Å². The second-order valence-corrected chi connectivity index (χ2v) is 6.07. The van der Waals surface area contributed by atoms with Crippen molar-refractivity contribution in [3.8, 4) is 0 Å². The number of carboxylic acid groups (broad SMARTS) is 1. The average Bonchev–Trinajstić information content (AvgIpc) is 2.44. The molecule has 20 heavy (non-hydrogen) atoms. The quantitative estimate of drug-likeness (QED) is 0.819. The molecule has 0 bridgehead atoms. The molecule has 0 saturated carbocycles. The van der Waals surface area contributed by atoms with Crippen molar-refractivity contribution in [1.82, 2.24) is 0 Å². The summed E-state index contributed by atoms with van der Waals surface area (Å²) in [6, 6.07) is 7.92. The zero-order valence-corrected chi connectivity index (χ0v) is 12.4. The molecule has 1 aromatic rings. The fraction of sp³-hybridized carbons (Fsp3) is 0.467. The van der Waals surface area contributed by atoms with Crippen LogP contribution in [0.15, 0.2) is 29.2 Å². The predicted molar refractivity (Wildman–Crippen MR) is 80.2 cm³/mol. The van der Waals surface area contributed by atoms with Crippen LogP contribution in [0, 0.1) is 0 Å². The summed E-state index contributed by atoms with van der Waals surface area (Å²) >= 11 is 1.63. The lowest BCUT2D eigenvalue weighted by atomic mass is 10.2. The number of benzene rings is 1. The van der Waals surface area contributed by atoms with Gasteiger partial charge in [-0.25, -0.2) is 0 Å². The summed E-state index contributed by atoms with van der Waals surface area (Å²) in [5.41, 5.74) is 0.961. The first-order valence-corrected chi connectivity index (χ1v) is 7.80. The number of carboxylic acids is 1. The molecule has 1 aromatic carbocycles. The van der Waals surface area contributed by atoms with Gasteiger partial charge < -0.3 is 10.0 Å². The van der Waals surface area contributed by atoms with E-state index in [0.717, 1.165) is 17.0 Å². The van der Waals surface area contributed by atoms with Gasteiger partial charge in [-0.05, 0) is 31.4 Å². The molecule has 5 heteroatoms. The van der Waals surface area contributed by atoms with Crippen LogP contribution in [0.4, 0.5) is 5.69 Å². The highest BCUT2D eigenvalue weighted by molar-refractivity contribution is 8.01. The van der Waals surface area contributed by atoms with Gasteiger partial charge in [-0.15, -0.1) is 11.8 Å². The van der Waals surface area contributed by atoms with E-state index in [1.165, 1.54) is 0 Å². The second kappa shape index (κ2) is 6.79. The van der Waals surface area contributed by atoms with Crippen LogP contribution in [0.1, 0.15) is 32.6 Å². The van der Waals surface area contributed by atoms with Gasteiger partial charge in [0, 0.05) is 17.9 Å². The van der Waals surface area contributed by atoms with E-state index in [4.69, 9.17) is 5.11 Å². The summed E-state index contributed by atoms with van der Waals surface area (Å²) in [5.74, 6) is -0.635. The lowest BCUT2D eigenvalue weighted by Gasteiger charge is -2.33.